The first kappa shape index (κ1) is 29.9. The topological polar surface area (TPSA) is 127 Å². The zero-order chi connectivity index (χ0) is 31.3. The van der Waals surface area contributed by atoms with E-state index in [1.807, 2.05) is 24.3 Å². The van der Waals surface area contributed by atoms with Crippen molar-refractivity contribution in [3.05, 3.63) is 84.7 Å². The molecular formula is C32H31FN8O3S. The third-order valence-electron chi connectivity index (χ3n) is 6.97. The third-order valence-corrected chi connectivity index (χ3v) is 8.04. The van der Waals surface area contributed by atoms with E-state index in [4.69, 9.17) is 4.74 Å². The van der Waals surface area contributed by atoms with Crippen LogP contribution in [0, 0.1) is 11.7 Å². The summed E-state index contributed by atoms with van der Waals surface area (Å²) >= 11 is 1.49. The van der Waals surface area contributed by atoms with Gasteiger partial charge in [-0.2, -0.15) is 5.10 Å². The Kier molecular flexibility index (Phi) is 8.78. The molecule has 6 rings (SSSR count). The molecule has 0 radical (unpaired) electrons. The van der Waals surface area contributed by atoms with Crippen molar-refractivity contribution in [3.63, 3.8) is 0 Å². The van der Waals surface area contributed by atoms with Crippen LogP contribution < -0.4 is 20.3 Å². The van der Waals surface area contributed by atoms with Crippen molar-refractivity contribution in [1.82, 2.24) is 24.7 Å². The number of carbonyl (C=O) groups excluding carboxylic acids is 2. The van der Waals surface area contributed by atoms with Crippen molar-refractivity contribution in [3.8, 4) is 27.9 Å². The lowest BCUT2D eigenvalue weighted by Gasteiger charge is -2.23. The number of anilines is 3. The second kappa shape index (κ2) is 13.2. The number of aromatic nitrogens is 5. The van der Waals surface area contributed by atoms with Gasteiger partial charge in [-0.15, -0.1) is 0 Å². The molecular weight excluding hydrogens is 595 g/mol. The Bertz CT molecular complexity index is 1790. The van der Waals surface area contributed by atoms with Crippen LogP contribution in [-0.4, -0.2) is 43.2 Å². The largest absolute Gasteiger partial charge is 0.424 e. The summed E-state index contributed by atoms with van der Waals surface area (Å²) in [5.41, 5.74) is 2.73. The van der Waals surface area contributed by atoms with Crippen molar-refractivity contribution in [1.29, 1.82) is 0 Å². The van der Waals surface area contributed by atoms with Crippen LogP contribution in [0.25, 0.3) is 16.1 Å². The highest BCUT2D eigenvalue weighted by atomic mass is 32.1. The van der Waals surface area contributed by atoms with Crippen LogP contribution in [0.15, 0.2) is 73.2 Å². The summed E-state index contributed by atoms with van der Waals surface area (Å²) in [6.45, 7) is 4.87. The van der Waals surface area contributed by atoms with Gasteiger partial charge in [0.15, 0.2) is 5.13 Å². The van der Waals surface area contributed by atoms with E-state index in [2.05, 4.69) is 44.5 Å². The maximum atomic E-state index is 13.5. The van der Waals surface area contributed by atoms with Crippen LogP contribution in [-0.2, 0) is 11.2 Å². The van der Waals surface area contributed by atoms with E-state index in [0.717, 1.165) is 40.5 Å². The molecule has 13 heteroatoms. The smallest absolute Gasteiger partial charge is 0.324 e. The van der Waals surface area contributed by atoms with Gasteiger partial charge in [0.2, 0.25) is 5.91 Å². The first-order valence-corrected chi connectivity index (χ1v) is 15.4. The predicted octanol–water partition coefficient (Wildman–Crippen LogP) is 7.08. The Hall–Kier alpha value is -5.17. The standard InChI is InChI=1S/C32H31FN8O3S/c1-20(2)15-23-16-28(41(39-23)25-10-8-22(33)9-11-25)38-30(43)37-24-17-34-31(35-18-24)44-26-12-6-21(7-13-26)27-19-36-32(45-27)40-14-4-3-5-29(40)42/h6-13,16-20H,3-5,14-15H2,1-2H3,(H2,37,38,43). The van der Waals surface area contributed by atoms with Gasteiger partial charge in [-0.1, -0.05) is 25.2 Å². The number of nitrogens with zero attached hydrogens (tertiary/aromatic N) is 6. The summed E-state index contributed by atoms with van der Waals surface area (Å²) in [5.74, 6) is 1.11. The number of ether oxygens (including phenoxy) is 1. The molecule has 1 saturated heterocycles. The van der Waals surface area contributed by atoms with Gasteiger partial charge in [0.1, 0.15) is 17.4 Å². The normalized spacial score (nSPS) is 13.2. The second-order valence-electron chi connectivity index (χ2n) is 11.0. The summed E-state index contributed by atoms with van der Waals surface area (Å²) in [7, 11) is 0. The van der Waals surface area contributed by atoms with Crippen LogP contribution in [0.5, 0.6) is 11.8 Å². The maximum absolute atomic E-state index is 13.5. The lowest BCUT2D eigenvalue weighted by molar-refractivity contribution is -0.119. The van der Waals surface area contributed by atoms with Crippen molar-refractivity contribution >= 4 is 39.9 Å². The van der Waals surface area contributed by atoms with Crippen LogP contribution in [0.3, 0.4) is 0 Å². The Morgan fingerprint density at radius 1 is 1.00 bits per heavy atom. The van der Waals surface area contributed by atoms with E-state index < -0.39 is 6.03 Å². The molecule has 3 aromatic heterocycles. The molecule has 45 heavy (non-hydrogen) atoms. The minimum absolute atomic E-state index is 0.116. The van der Waals surface area contributed by atoms with Gasteiger partial charge >= 0.3 is 12.0 Å². The van der Waals surface area contributed by atoms with Gasteiger partial charge in [-0.3, -0.25) is 15.0 Å². The van der Waals surface area contributed by atoms with Crippen LogP contribution in [0.1, 0.15) is 38.8 Å². The molecule has 0 saturated carbocycles. The molecule has 2 N–H and O–H groups in total. The third kappa shape index (κ3) is 7.32. The molecule has 1 aliphatic rings. The number of piperidine rings is 1. The number of halogens is 1. The Balaban J connectivity index is 1.07. The highest BCUT2D eigenvalue weighted by Crippen LogP contribution is 2.34. The Labute approximate surface area is 263 Å². The van der Waals surface area contributed by atoms with Gasteiger partial charge in [-0.25, -0.2) is 28.8 Å². The molecule has 0 spiro atoms. The maximum Gasteiger partial charge on any atom is 0.324 e. The molecule has 0 bridgehead atoms. The average molecular weight is 627 g/mol. The fourth-order valence-corrected chi connectivity index (χ4v) is 5.82. The number of thiazole rings is 1. The second-order valence-corrected chi connectivity index (χ2v) is 12.0. The van der Waals surface area contributed by atoms with Crippen molar-refractivity contribution in [2.45, 2.75) is 39.5 Å². The van der Waals surface area contributed by atoms with Crippen molar-refractivity contribution in [2.24, 2.45) is 5.92 Å². The first-order chi connectivity index (χ1) is 21.8. The summed E-state index contributed by atoms with van der Waals surface area (Å²) in [5, 5.41) is 10.8. The minimum Gasteiger partial charge on any atom is -0.424 e. The van der Waals surface area contributed by atoms with E-state index in [1.165, 1.54) is 35.9 Å². The lowest BCUT2D eigenvalue weighted by Crippen LogP contribution is -2.34. The first-order valence-electron chi connectivity index (χ1n) is 14.6. The Morgan fingerprint density at radius 3 is 2.47 bits per heavy atom. The van der Waals surface area contributed by atoms with Crippen LogP contribution in [0.2, 0.25) is 0 Å². The highest BCUT2D eigenvalue weighted by molar-refractivity contribution is 7.19. The molecule has 230 valence electrons. The lowest BCUT2D eigenvalue weighted by atomic mass is 10.1. The predicted molar refractivity (Wildman–Crippen MR) is 171 cm³/mol. The van der Waals surface area contributed by atoms with E-state index in [1.54, 1.807) is 34.0 Å². The molecule has 0 aliphatic carbocycles. The van der Waals surface area contributed by atoms with Crippen LogP contribution in [0.4, 0.5) is 25.8 Å². The molecule has 5 aromatic rings. The van der Waals surface area contributed by atoms with Gasteiger partial charge in [-0.05, 0) is 79.3 Å². The molecule has 3 amide bonds. The zero-order valence-corrected chi connectivity index (χ0v) is 25.6. The van der Waals surface area contributed by atoms with Crippen molar-refractivity contribution in [2.75, 3.05) is 22.1 Å². The fraction of sp³-hybridized carbons (Fsp3) is 0.250. The van der Waals surface area contributed by atoms with E-state index >= 15 is 0 Å². The van der Waals surface area contributed by atoms with Crippen molar-refractivity contribution < 1.29 is 18.7 Å². The molecule has 4 heterocycles. The number of carbonyl (C=O) groups is 2. The summed E-state index contributed by atoms with van der Waals surface area (Å²) in [6, 6.07) is 14.7. The number of urea groups is 1. The zero-order valence-electron chi connectivity index (χ0n) is 24.7. The number of amides is 3. The Morgan fingerprint density at radius 2 is 1.76 bits per heavy atom. The quantitative estimate of drug-likeness (QED) is 0.179. The van der Waals surface area contributed by atoms with E-state index in [-0.39, 0.29) is 17.7 Å². The van der Waals surface area contributed by atoms with E-state index in [0.29, 0.717) is 41.8 Å². The summed E-state index contributed by atoms with van der Waals surface area (Å²) < 4.78 is 20.8. The number of benzene rings is 2. The highest BCUT2D eigenvalue weighted by Gasteiger charge is 2.22. The van der Waals surface area contributed by atoms with Gasteiger partial charge in [0.25, 0.3) is 0 Å². The monoisotopic (exact) mass is 626 g/mol. The molecule has 11 nitrogen and oxygen atoms in total. The summed E-state index contributed by atoms with van der Waals surface area (Å²) in [4.78, 5) is 40.7. The number of rotatable bonds is 9. The number of hydrogen-bond donors (Lipinski definition) is 2. The minimum atomic E-state index is -0.516. The SMILES string of the molecule is CC(C)Cc1cc(NC(=O)Nc2cnc(Oc3ccc(-c4cnc(N5CCCCC5=O)s4)cc3)nc2)n(-c2ccc(F)cc2)n1. The summed E-state index contributed by atoms with van der Waals surface area (Å²) in [6.07, 6.45) is 7.87. The molecule has 2 aromatic carbocycles. The average Bonchev–Trinajstić information content (AvgIpc) is 3.66. The van der Waals surface area contributed by atoms with Gasteiger partial charge < -0.3 is 10.1 Å². The number of hydrogen-bond acceptors (Lipinski definition) is 8. The molecule has 0 unspecified atom stereocenters. The molecule has 0 atom stereocenters. The van der Waals surface area contributed by atoms with Crippen LogP contribution >= 0.6 is 11.3 Å². The molecule has 1 fully saturated rings. The molecule has 1 aliphatic heterocycles. The number of nitrogens with one attached hydrogen (secondary N) is 2. The fourth-order valence-electron chi connectivity index (χ4n) is 4.85. The van der Waals surface area contributed by atoms with E-state index in [9.17, 15) is 14.0 Å². The van der Waals surface area contributed by atoms with Gasteiger partial charge in [0, 0.05) is 25.2 Å². The van der Waals surface area contributed by atoms with Gasteiger partial charge in [0.05, 0.1) is 34.3 Å².